The fourth-order valence-electron chi connectivity index (χ4n) is 2.80. The maximum Gasteiger partial charge on any atom is 0.261 e. The van der Waals surface area contributed by atoms with E-state index in [-0.39, 0.29) is 16.1 Å². The number of carbonyl (C=O) groups excluding carboxylic acids is 1. The van der Waals surface area contributed by atoms with Gasteiger partial charge in [0, 0.05) is 33.8 Å². The maximum absolute atomic E-state index is 12.8. The van der Waals surface area contributed by atoms with Crippen molar-refractivity contribution in [3.05, 3.63) is 46.4 Å². The van der Waals surface area contributed by atoms with E-state index in [1.165, 1.54) is 6.92 Å². The predicted octanol–water partition coefficient (Wildman–Crippen LogP) is 4.41. The van der Waals surface area contributed by atoms with Gasteiger partial charge in [-0.25, -0.2) is 8.42 Å². The summed E-state index contributed by atoms with van der Waals surface area (Å²) in [7, 11) is -3.75. The highest BCUT2D eigenvalue weighted by atomic mass is 79.9. The van der Waals surface area contributed by atoms with E-state index in [0.29, 0.717) is 17.9 Å². The van der Waals surface area contributed by atoms with Crippen molar-refractivity contribution in [3.8, 4) is 0 Å². The zero-order chi connectivity index (χ0) is 19.1. The fraction of sp³-hybridized carbons (Fsp3) is 0.278. The van der Waals surface area contributed by atoms with Crippen molar-refractivity contribution in [3.63, 3.8) is 0 Å². The summed E-state index contributed by atoms with van der Waals surface area (Å²) in [5, 5.41) is 0.262. The Balaban J connectivity index is 1.97. The van der Waals surface area contributed by atoms with E-state index in [2.05, 4.69) is 20.7 Å². The third-order valence-electron chi connectivity index (χ3n) is 4.09. The van der Waals surface area contributed by atoms with E-state index >= 15 is 0 Å². The second kappa shape index (κ2) is 7.25. The van der Waals surface area contributed by atoms with Crippen molar-refractivity contribution in [1.82, 2.24) is 0 Å². The molecule has 2 aromatic rings. The molecule has 0 unspecified atom stereocenters. The van der Waals surface area contributed by atoms with E-state index in [1.54, 1.807) is 53.1 Å². The highest BCUT2D eigenvalue weighted by Gasteiger charge is 2.27. The third-order valence-corrected chi connectivity index (χ3v) is 7.51. The second-order valence-corrected chi connectivity index (χ2v) is 10.3. The van der Waals surface area contributed by atoms with E-state index in [1.807, 2.05) is 13.8 Å². The van der Waals surface area contributed by atoms with Crippen molar-refractivity contribution in [2.24, 2.45) is 0 Å². The number of benzene rings is 2. The second-order valence-electron chi connectivity index (χ2n) is 6.26. The number of anilines is 2. The predicted molar refractivity (Wildman–Crippen MR) is 109 cm³/mol. The molecule has 138 valence electrons. The number of hydrogen-bond donors (Lipinski definition) is 1. The van der Waals surface area contributed by atoms with Crippen LogP contribution in [0.25, 0.3) is 0 Å². The largest absolute Gasteiger partial charge is 0.310 e. The average Bonchev–Trinajstić information content (AvgIpc) is 2.56. The first-order chi connectivity index (χ1) is 12.2. The van der Waals surface area contributed by atoms with Crippen molar-refractivity contribution in [2.75, 3.05) is 16.2 Å². The van der Waals surface area contributed by atoms with Crippen LogP contribution in [0.4, 0.5) is 11.4 Å². The van der Waals surface area contributed by atoms with E-state index in [9.17, 15) is 13.2 Å². The molecule has 1 aliphatic rings. The molecule has 1 amide bonds. The van der Waals surface area contributed by atoms with Gasteiger partial charge in [-0.2, -0.15) is 0 Å². The topological polar surface area (TPSA) is 66.5 Å². The van der Waals surface area contributed by atoms with Crippen LogP contribution in [0.3, 0.4) is 0 Å². The summed E-state index contributed by atoms with van der Waals surface area (Å²) in [4.78, 5) is 14.7. The number of halogens is 1. The minimum absolute atomic E-state index is 0.0931. The molecule has 1 heterocycles. The molecule has 0 aromatic heterocycles. The van der Waals surface area contributed by atoms with Crippen LogP contribution in [0.2, 0.25) is 0 Å². The third kappa shape index (κ3) is 3.92. The van der Waals surface area contributed by atoms with E-state index in [4.69, 9.17) is 0 Å². The Kier molecular flexibility index (Phi) is 5.37. The van der Waals surface area contributed by atoms with Gasteiger partial charge in [-0.05, 0) is 48.9 Å². The highest BCUT2D eigenvalue weighted by Crippen LogP contribution is 2.40. The quantitative estimate of drug-likeness (QED) is 0.745. The molecule has 3 rings (SSSR count). The Morgan fingerprint density at radius 3 is 2.65 bits per heavy atom. The van der Waals surface area contributed by atoms with Crippen LogP contribution in [-0.2, 0) is 14.8 Å². The monoisotopic (exact) mass is 454 g/mol. The molecule has 0 saturated carbocycles. The standard InChI is InChI=1S/C18H19BrN2O3S2/c1-11-8-14(4-6-16(11)19)20-26(23,24)15-5-7-18-17(9-15)21(13(3)22)10-12(2)25-18/h4-9,12,20H,10H2,1-3H3/t12-/m0/s1. The number of carbonyl (C=O) groups is 1. The van der Waals surface area contributed by atoms with Crippen LogP contribution in [0, 0.1) is 6.92 Å². The lowest BCUT2D eigenvalue weighted by Gasteiger charge is -2.32. The Morgan fingerprint density at radius 1 is 1.27 bits per heavy atom. The van der Waals surface area contributed by atoms with Gasteiger partial charge in [-0.15, -0.1) is 11.8 Å². The first-order valence-corrected chi connectivity index (χ1v) is 11.2. The Morgan fingerprint density at radius 2 is 2.00 bits per heavy atom. The summed E-state index contributed by atoms with van der Waals surface area (Å²) in [5.74, 6) is -0.0931. The summed E-state index contributed by atoms with van der Waals surface area (Å²) in [6, 6.07) is 10.2. The number of thioether (sulfide) groups is 1. The van der Waals surface area contributed by atoms with Gasteiger partial charge in [-0.3, -0.25) is 9.52 Å². The van der Waals surface area contributed by atoms with Crippen molar-refractivity contribution >= 4 is 55.0 Å². The van der Waals surface area contributed by atoms with Crippen molar-refractivity contribution in [1.29, 1.82) is 0 Å². The summed E-state index contributed by atoms with van der Waals surface area (Å²) in [6.07, 6.45) is 0. The molecule has 2 aromatic carbocycles. The van der Waals surface area contributed by atoms with Crippen LogP contribution in [0.1, 0.15) is 19.4 Å². The molecule has 26 heavy (non-hydrogen) atoms. The molecule has 1 atom stereocenters. The number of amides is 1. The van der Waals surface area contributed by atoms with Crippen molar-refractivity contribution in [2.45, 2.75) is 35.8 Å². The number of rotatable bonds is 3. The van der Waals surface area contributed by atoms with Gasteiger partial charge in [0.1, 0.15) is 0 Å². The molecule has 8 heteroatoms. The van der Waals surface area contributed by atoms with Gasteiger partial charge in [0.15, 0.2) is 0 Å². The fourth-order valence-corrected chi connectivity index (χ4v) is 5.21. The first-order valence-electron chi connectivity index (χ1n) is 8.05. The molecule has 0 bridgehead atoms. The molecule has 0 aliphatic carbocycles. The van der Waals surface area contributed by atoms with E-state index < -0.39 is 10.0 Å². The van der Waals surface area contributed by atoms with Crippen LogP contribution in [0.15, 0.2) is 50.7 Å². The van der Waals surface area contributed by atoms with Crippen LogP contribution < -0.4 is 9.62 Å². The van der Waals surface area contributed by atoms with Gasteiger partial charge in [0.2, 0.25) is 5.91 Å². The lowest BCUT2D eigenvalue weighted by atomic mass is 10.2. The molecule has 0 spiro atoms. The van der Waals surface area contributed by atoms with Crippen LogP contribution in [-0.4, -0.2) is 26.1 Å². The van der Waals surface area contributed by atoms with Gasteiger partial charge in [-0.1, -0.05) is 22.9 Å². The molecule has 0 fully saturated rings. The lowest BCUT2D eigenvalue weighted by molar-refractivity contribution is -0.116. The number of fused-ring (bicyclic) bond motifs is 1. The molecular formula is C18H19BrN2O3S2. The normalized spacial score (nSPS) is 16.9. The number of aryl methyl sites for hydroxylation is 1. The number of nitrogens with zero attached hydrogens (tertiary/aromatic N) is 1. The molecule has 1 N–H and O–H groups in total. The van der Waals surface area contributed by atoms with Crippen molar-refractivity contribution < 1.29 is 13.2 Å². The minimum atomic E-state index is -3.75. The Labute approximate surface area is 166 Å². The Hall–Kier alpha value is -1.51. The number of nitrogens with one attached hydrogen (secondary N) is 1. The zero-order valence-electron chi connectivity index (χ0n) is 14.6. The first kappa shape index (κ1) is 19.3. The summed E-state index contributed by atoms with van der Waals surface area (Å²) in [5.41, 5.74) is 2.08. The van der Waals surface area contributed by atoms with Gasteiger partial charge >= 0.3 is 0 Å². The number of hydrogen-bond acceptors (Lipinski definition) is 4. The van der Waals surface area contributed by atoms with Crippen LogP contribution >= 0.6 is 27.7 Å². The average molecular weight is 455 g/mol. The SMILES string of the molecule is CC(=O)N1C[C@H](C)Sc2ccc(S(=O)(=O)Nc3ccc(Br)c(C)c3)cc21. The molecule has 0 radical (unpaired) electrons. The molecule has 1 aliphatic heterocycles. The summed E-state index contributed by atoms with van der Waals surface area (Å²) < 4.78 is 29.1. The molecule has 0 saturated heterocycles. The smallest absolute Gasteiger partial charge is 0.261 e. The lowest BCUT2D eigenvalue weighted by Crippen LogP contribution is -2.37. The van der Waals surface area contributed by atoms with Gasteiger partial charge in [0.05, 0.1) is 10.6 Å². The summed E-state index contributed by atoms with van der Waals surface area (Å²) in [6.45, 7) is 6.00. The van der Waals surface area contributed by atoms with Gasteiger partial charge < -0.3 is 4.90 Å². The van der Waals surface area contributed by atoms with E-state index in [0.717, 1.165) is 14.9 Å². The number of sulfonamides is 1. The highest BCUT2D eigenvalue weighted by molar-refractivity contribution is 9.10. The van der Waals surface area contributed by atoms with Crippen LogP contribution in [0.5, 0.6) is 0 Å². The zero-order valence-corrected chi connectivity index (χ0v) is 17.8. The summed E-state index contributed by atoms with van der Waals surface area (Å²) >= 11 is 5.05. The molecular weight excluding hydrogens is 436 g/mol. The maximum atomic E-state index is 12.8. The Bertz CT molecular complexity index is 976. The minimum Gasteiger partial charge on any atom is -0.310 e. The van der Waals surface area contributed by atoms with Gasteiger partial charge in [0.25, 0.3) is 10.0 Å². The molecule has 5 nitrogen and oxygen atoms in total.